The van der Waals surface area contributed by atoms with Crippen LogP contribution in [-0.4, -0.2) is 16.6 Å². The molecule has 2 aliphatic rings. The summed E-state index contributed by atoms with van der Waals surface area (Å²) in [6.45, 7) is 0. The SMILES string of the molecule is COc1ccc([C@H]2C3=C(N=c4s/c(=C/c5ccc([O-])c([N+](=O)[O-])c5)c(=O)n42)c2ccccc2CC3)cc1. The first-order chi connectivity index (χ1) is 17.9. The summed E-state index contributed by atoms with van der Waals surface area (Å²) >= 11 is 1.23. The van der Waals surface area contributed by atoms with Crippen LogP contribution in [0.5, 0.6) is 11.5 Å². The van der Waals surface area contributed by atoms with Gasteiger partial charge in [0.1, 0.15) is 5.75 Å². The summed E-state index contributed by atoms with van der Waals surface area (Å²) in [6.07, 6.45) is 3.21. The van der Waals surface area contributed by atoms with Crippen molar-refractivity contribution in [3.8, 4) is 11.5 Å². The molecule has 0 amide bonds. The van der Waals surface area contributed by atoms with Crippen LogP contribution in [0.2, 0.25) is 0 Å². The van der Waals surface area contributed by atoms with Crippen molar-refractivity contribution in [3.05, 3.63) is 124 Å². The molecule has 6 rings (SSSR count). The number of nitro groups is 1. The van der Waals surface area contributed by atoms with Crippen LogP contribution in [0.3, 0.4) is 0 Å². The van der Waals surface area contributed by atoms with Gasteiger partial charge in [-0.3, -0.25) is 19.5 Å². The summed E-state index contributed by atoms with van der Waals surface area (Å²) in [5.41, 5.74) is 4.86. The third kappa shape index (κ3) is 3.84. The van der Waals surface area contributed by atoms with Gasteiger partial charge in [0.25, 0.3) is 11.2 Å². The normalized spacial score (nSPS) is 16.5. The minimum Gasteiger partial charge on any atom is -0.868 e. The molecule has 2 heterocycles. The van der Waals surface area contributed by atoms with E-state index in [1.54, 1.807) is 17.8 Å². The van der Waals surface area contributed by atoms with E-state index in [0.29, 0.717) is 14.9 Å². The van der Waals surface area contributed by atoms with E-state index in [9.17, 15) is 20.0 Å². The van der Waals surface area contributed by atoms with Crippen LogP contribution >= 0.6 is 11.3 Å². The molecule has 0 unspecified atom stereocenters. The number of thiazole rings is 1. The van der Waals surface area contributed by atoms with Crippen LogP contribution in [0.25, 0.3) is 11.8 Å². The maximum atomic E-state index is 13.8. The molecule has 0 saturated heterocycles. The van der Waals surface area contributed by atoms with Gasteiger partial charge in [-0.05, 0) is 59.1 Å². The molecule has 0 radical (unpaired) electrons. The summed E-state index contributed by atoms with van der Waals surface area (Å²) in [6, 6.07) is 19.4. The van der Waals surface area contributed by atoms with E-state index in [1.165, 1.54) is 29.0 Å². The largest absolute Gasteiger partial charge is 0.868 e. The standard InChI is InChI=1S/C28H21N3O5S/c1-36-19-10-7-18(8-11-19)26-21-12-9-17-4-2-3-5-20(17)25(21)29-28-30(26)27(33)24(37-28)15-16-6-13-23(32)22(14-16)31(34)35/h2-8,10-11,13-15,26,32H,9,12H2,1H3/p-1/b24-15+/t26-/m0/s1. The van der Waals surface area contributed by atoms with Crippen molar-refractivity contribution in [2.45, 2.75) is 18.9 Å². The topological polar surface area (TPSA) is 110 Å². The molecule has 37 heavy (non-hydrogen) atoms. The van der Waals surface area contributed by atoms with Gasteiger partial charge in [0, 0.05) is 11.6 Å². The Morgan fingerprint density at radius 3 is 2.65 bits per heavy atom. The monoisotopic (exact) mass is 510 g/mol. The number of benzene rings is 3. The highest BCUT2D eigenvalue weighted by atomic mass is 32.1. The molecule has 0 fully saturated rings. The highest BCUT2D eigenvalue weighted by Gasteiger charge is 2.32. The molecule has 8 nitrogen and oxygen atoms in total. The lowest BCUT2D eigenvalue weighted by molar-refractivity contribution is -0.398. The van der Waals surface area contributed by atoms with E-state index >= 15 is 0 Å². The summed E-state index contributed by atoms with van der Waals surface area (Å²) < 4.78 is 7.43. The Morgan fingerprint density at radius 2 is 1.89 bits per heavy atom. The Balaban J connectivity index is 1.59. The van der Waals surface area contributed by atoms with Crippen LogP contribution in [0, 0.1) is 10.1 Å². The lowest BCUT2D eigenvalue weighted by Crippen LogP contribution is -2.38. The summed E-state index contributed by atoms with van der Waals surface area (Å²) in [5, 5.41) is 23.1. The first-order valence-electron chi connectivity index (χ1n) is 11.7. The number of allylic oxidation sites excluding steroid dienone is 1. The molecule has 1 aromatic heterocycles. The Kier molecular flexibility index (Phi) is 5.49. The number of hydrogen-bond donors (Lipinski definition) is 0. The highest BCUT2D eigenvalue weighted by Crippen LogP contribution is 2.41. The molecular weight excluding hydrogens is 490 g/mol. The Morgan fingerprint density at radius 1 is 1.11 bits per heavy atom. The molecule has 4 aromatic rings. The summed E-state index contributed by atoms with van der Waals surface area (Å²) in [4.78, 5) is 29.8. The fourth-order valence-electron chi connectivity index (χ4n) is 5.03. The second kappa shape index (κ2) is 8.86. The van der Waals surface area contributed by atoms with E-state index in [2.05, 4.69) is 12.1 Å². The first-order valence-corrected chi connectivity index (χ1v) is 12.5. The molecule has 1 atom stereocenters. The maximum Gasteiger partial charge on any atom is 0.271 e. The Hall–Kier alpha value is -4.50. The zero-order valence-electron chi connectivity index (χ0n) is 19.7. The fourth-order valence-corrected chi connectivity index (χ4v) is 6.03. The van der Waals surface area contributed by atoms with Crippen molar-refractivity contribution in [1.82, 2.24) is 4.57 Å². The number of ether oxygens (including phenoxy) is 1. The van der Waals surface area contributed by atoms with E-state index in [-0.39, 0.29) is 11.6 Å². The van der Waals surface area contributed by atoms with Crippen molar-refractivity contribution in [1.29, 1.82) is 0 Å². The van der Waals surface area contributed by atoms with Gasteiger partial charge < -0.3 is 9.84 Å². The van der Waals surface area contributed by atoms with Gasteiger partial charge in [0.2, 0.25) is 0 Å². The zero-order valence-corrected chi connectivity index (χ0v) is 20.5. The van der Waals surface area contributed by atoms with Gasteiger partial charge in [-0.15, -0.1) is 0 Å². The number of rotatable bonds is 4. The lowest BCUT2D eigenvalue weighted by Gasteiger charge is -2.30. The van der Waals surface area contributed by atoms with Gasteiger partial charge in [-0.2, -0.15) is 0 Å². The maximum absolute atomic E-state index is 13.8. The second-order valence-electron chi connectivity index (χ2n) is 8.87. The van der Waals surface area contributed by atoms with E-state index < -0.39 is 16.4 Å². The number of methoxy groups -OCH3 is 1. The van der Waals surface area contributed by atoms with Crippen molar-refractivity contribution in [2.75, 3.05) is 7.11 Å². The number of aryl methyl sites for hydroxylation is 1. The van der Waals surface area contributed by atoms with E-state index in [1.807, 2.05) is 36.4 Å². The van der Waals surface area contributed by atoms with Crippen LogP contribution in [0.1, 0.15) is 34.7 Å². The molecule has 0 spiro atoms. The molecule has 184 valence electrons. The van der Waals surface area contributed by atoms with E-state index in [0.717, 1.165) is 47.1 Å². The molecule has 0 bridgehead atoms. The number of fused-ring (bicyclic) bond motifs is 3. The van der Waals surface area contributed by atoms with Crippen molar-refractivity contribution in [2.24, 2.45) is 4.99 Å². The molecule has 1 aliphatic heterocycles. The number of aromatic nitrogens is 1. The predicted octanol–water partition coefficient (Wildman–Crippen LogP) is 3.31. The molecule has 0 saturated carbocycles. The average Bonchev–Trinajstić information content (AvgIpc) is 3.22. The van der Waals surface area contributed by atoms with Crippen molar-refractivity contribution >= 4 is 28.8 Å². The van der Waals surface area contributed by atoms with Crippen LogP contribution in [-0.2, 0) is 6.42 Å². The minimum atomic E-state index is -0.712. The van der Waals surface area contributed by atoms with Gasteiger partial charge >= 0.3 is 0 Å². The van der Waals surface area contributed by atoms with Gasteiger partial charge in [-0.1, -0.05) is 59.9 Å². The highest BCUT2D eigenvalue weighted by molar-refractivity contribution is 7.07. The fraction of sp³-hybridized carbons (Fsp3) is 0.143. The van der Waals surface area contributed by atoms with Crippen LogP contribution in [0.15, 0.2) is 82.1 Å². The van der Waals surface area contributed by atoms with Gasteiger partial charge in [0.15, 0.2) is 4.80 Å². The Bertz CT molecular complexity index is 1780. The smallest absolute Gasteiger partial charge is 0.271 e. The van der Waals surface area contributed by atoms with Gasteiger partial charge in [-0.25, -0.2) is 4.99 Å². The third-order valence-corrected chi connectivity index (χ3v) is 7.76. The number of hydrogen-bond acceptors (Lipinski definition) is 7. The quantitative estimate of drug-likeness (QED) is 0.309. The molecule has 9 heteroatoms. The first kappa shape index (κ1) is 22.9. The number of nitrogens with zero attached hydrogens (tertiary/aromatic N) is 3. The summed E-state index contributed by atoms with van der Waals surface area (Å²) in [7, 11) is 1.61. The van der Waals surface area contributed by atoms with Crippen LogP contribution < -0.4 is 24.7 Å². The van der Waals surface area contributed by atoms with Crippen LogP contribution in [0.4, 0.5) is 5.69 Å². The lowest BCUT2D eigenvalue weighted by atomic mass is 9.83. The van der Waals surface area contributed by atoms with E-state index in [4.69, 9.17) is 9.73 Å². The predicted molar refractivity (Wildman–Crippen MR) is 138 cm³/mol. The zero-order chi connectivity index (χ0) is 25.7. The second-order valence-corrected chi connectivity index (χ2v) is 9.88. The number of nitro benzene ring substituents is 1. The summed E-state index contributed by atoms with van der Waals surface area (Å²) in [5.74, 6) is 0.0530. The molecule has 0 N–H and O–H groups in total. The van der Waals surface area contributed by atoms with Crippen molar-refractivity contribution in [3.63, 3.8) is 0 Å². The van der Waals surface area contributed by atoms with Gasteiger partial charge in [0.05, 0.1) is 28.3 Å². The molecular formula is C28H20N3O5S-. The minimum absolute atomic E-state index is 0.233. The molecule has 3 aromatic carbocycles. The molecule has 1 aliphatic carbocycles. The third-order valence-electron chi connectivity index (χ3n) is 6.78. The Labute approximate surface area is 214 Å². The van der Waals surface area contributed by atoms with Crippen molar-refractivity contribution < 1.29 is 14.8 Å². The average molecular weight is 511 g/mol.